The number of hydrogen-bond acceptors (Lipinski definition) is 4. The molecule has 1 amide bonds. The number of nitrogens with one attached hydrogen (secondary N) is 1. The fourth-order valence-electron chi connectivity index (χ4n) is 2.66. The van der Waals surface area contributed by atoms with E-state index in [0.717, 1.165) is 25.7 Å². The summed E-state index contributed by atoms with van der Waals surface area (Å²) in [6, 6.07) is 5.30. The number of nitrogens with two attached hydrogens (primary N) is 1. The first-order valence-electron chi connectivity index (χ1n) is 7.19. The number of ether oxygens (including phenoxy) is 2. The standard InChI is InChI=1S/C15H21N3O3S/c1-20-11-8-5-9-12(21-2)13(11)18(15(16)22)17-14(19)10-6-3-4-7-10/h5,8-10H,3-4,6-7H2,1-2H3,(H2,16,22)(H,17,19). The molecule has 1 aliphatic carbocycles. The topological polar surface area (TPSA) is 76.8 Å². The van der Waals surface area contributed by atoms with E-state index in [1.54, 1.807) is 18.2 Å². The number of amides is 1. The highest BCUT2D eigenvalue weighted by Gasteiger charge is 2.27. The number of para-hydroxylation sites is 1. The Balaban J connectivity index is 2.31. The average molecular weight is 323 g/mol. The van der Waals surface area contributed by atoms with Gasteiger partial charge in [-0.2, -0.15) is 0 Å². The minimum atomic E-state index is -0.0849. The summed E-state index contributed by atoms with van der Waals surface area (Å²) in [4.78, 5) is 12.4. The minimum Gasteiger partial charge on any atom is -0.494 e. The molecule has 0 bridgehead atoms. The highest BCUT2D eigenvalue weighted by molar-refractivity contribution is 7.80. The summed E-state index contributed by atoms with van der Waals surface area (Å²) in [6.45, 7) is 0. The Morgan fingerprint density at radius 3 is 2.27 bits per heavy atom. The van der Waals surface area contributed by atoms with Crippen LogP contribution in [0.2, 0.25) is 0 Å². The molecular weight excluding hydrogens is 302 g/mol. The molecule has 1 fully saturated rings. The molecule has 120 valence electrons. The molecule has 22 heavy (non-hydrogen) atoms. The molecule has 1 aliphatic rings. The first-order chi connectivity index (χ1) is 10.6. The number of benzene rings is 1. The van der Waals surface area contributed by atoms with Crippen LogP contribution in [0.4, 0.5) is 5.69 Å². The zero-order valence-corrected chi connectivity index (χ0v) is 13.6. The van der Waals surface area contributed by atoms with Crippen molar-refractivity contribution in [3.05, 3.63) is 18.2 Å². The van der Waals surface area contributed by atoms with E-state index in [4.69, 9.17) is 27.4 Å². The van der Waals surface area contributed by atoms with E-state index >= 15 is 0 Å². The lowest BCUT2D eigenvalue weighted by atomic mass is 10.1. The zero-order valence-electron chi connectivity index (χ0n) is 12.8. The second kappa shape index (κ2) is 7.31. The summed E-state index contributed by atoms with van der Waals surface area (Å²) >= 11 is 5.08. The van der Waals surface area contributed by atoms with Crippen molar-refractivity contribution in [3.8, 4) is 11.5 Å². The molecule has 0 aromatic heterocycles. The van der Waals surface area contributed by atoms with Crippen molar-refractivity contribution in [1.82, 2.24) is 5.43 Å². The number of hydrazine groups is 1. The summed E-state index contributed by atoms with van der Waals surface area (Å²) < 4.78 is 10.7. The second-order valence-electron chi connectivity index (χ2n) is 5.14. The molecule has 3 N–H and O–H groups in total. The van der Waals surface area contributed by atoms with E-state index in [1.807, 2.05) is 0 Å². The third-order valence-corrected chi connectivity index (χ3v) is 3.98. The lowest BCUT2D eigenvalue weighted by Gasteiger charge is -2.27. The Kier molecular flexibility index (Phi) is 5.43. The molecule has 0 aliphatic heterocycles. The predicted octanol–water partition coefficient (Wildman–Crippen LogP) is 1.98. The van der Waals surface area contributed by atoms with Gasteiger partial charge >= 0.3 is 0 Å². The summed E-state index contributed by atoms with van der Waals surface area (Å²) in [5.41, 5.74) is 9.08. The van der Waals surface area contributed by atoms with E-state index in [-0.39, 0.29) is 16.9 Å². The van der Waals surface area contributed by atoms with Gasteiger partial charge in [0.2, 0.25) is 5.91 Å². The number of methoxy groups -OCH3 is 2. The second-order valence-corrected chi connectivity index (χ2v) is 5.56. The van der Waals surface area contributed by atoms with Crippen LogP contribution in [0.1, 0.15) is 25.7 Å². The molecule has 6 nitrogen and oxygen atoms in total. The SMILES string of the molecule is COc1cccc(OC)c1N(NC(=O)C1CCCC1)C(N)=S. The largest absolute Gasteiger partial charge is 0.494 e. The Bertz CT molecular complexity index is 537. The Morgan fingerprint density at radius 1 is 1.27 bits per heavy atom. The van der Waals surface area contributed by atoms with Crippen LogP contribution in [0, 0.1) is 5.92 Å². The Hall–Kier alpha value is -2.02. The lowest BCUT2D eigenvalue weighted by Crippen LogP contribution is -2.50. The third kappa shape index (κ3) is 3.41. The van der Waals surface area contributed by atoms with Crippen molar-refractivity contribution in [2.75, 3.05) is 19.2 Å². The number of nitrogens with zero attached hydrogens (tertiary/aromatic N) is 1. The number of carbonyl (C=O) groups excluding carboxylic acids is 1. The molecule has 0 radical (unpaired) electrons. The van der Waals surface area contributed by atoms with Crippen molar-refractivity contribution in [2.45, 2.75) is 25.7 Å². The number of anilines is 1. The van der Waals surface area contributed by atoms with Crippen LogP contribution in [0.25, 0.3) is 0 Å². The molecule has 1 saturated carbocycles. The van der Waals surface area contributed by atoms with Crippen molar-refractivity contribution in [1.29, 1.82) is 0 Å². The number of carbonyl (C=O) groups is 1. The van der Waals surface area contributed by atoms with Crippen molar-refractivity contribution >= 4 is 28.9 Å². The monoisotopic (exact) mass is 323 g/mol. The van der Waals surface area contributed by atoms with Crippen LogP contribution in [0.5, 0.6) is 11.5 Å². The van der Waals surface area contributed by atoms with E-state index in [9.17, 15) is 4.79 Å². The predicted molar refractivity (Wildman–Crippen MR) is 88.9 cm³/mol. The van der Waals surface area contributed by atoms with E-state index in [1.165, 1.54) is 19.2 Å². The number of thiocarbonyl (C=S) groups is 1. The average Bonchev–Trinajstić information content (AvgIpc) is 3.05. The van der Waals surface area contributed by atoms with E-state index < -0.39 is 0 Å². The summed E-state index contributed by atoms with van der Waals surface area (Å²) in [6.07, 6.45) is 3.92. The van der Waals surface area contributed by atoms with Gasteiger partial charge in [0.15, 0.2) is 5.11 Å². The van der Waals surface area contributed by atoms with Gasteiger partial charge in [0.1, 0.15) is 17.2 Å². The van der Waals surface area contributed by atoms with Gasteiger partial charge in [0.25, 0.3) is 0 Å². The van der Waals surface area contributed by atoms with Crippen LogP contribution >= 0.6 is 12.2 Å². The van der Waals surface area contributed by atoms with Crippen molar-refractivity contribution in [3.63, 3.8) is 0 Å². The molecule has 7 heteroatoms. The molecule has 2 rings (SSSR count). The first-order valence-corrected chi connectivity index (χ1v) is 7.60. The van der Waals surface area contributed by atoms with Gasteiger partial charge in [-0.3, -0.25) is 10.2 Å². The van der Waals surface area contributed by atoms with Crippen LogP contribution in [-0.4, -0.2) is 25.2 Å². The van der Waals surface area contributed by atoms with Crippen LogP contribution in [0.15, 0.2) is 18.2 Å². The Labute approximate surface area is 135 Å². The van der Waals surface area contributed by atoms with Crippen molar-refractivity contribution < 1.29 is 14.3 Å². The van der Waals surface area contributed by atoms with Gasteiger partial charge in [0, 0.05) is 5.92 Å². The summed E-state index contributed by atoms with van der Waals surface area (Å²) in [5.74, 6) is 0.938. The zero-order chi connectivity index (χ0) is 16.1. The maximum absolute atomic E-state index is 12.4. The molecular formula is C15H21N3O3S. The normalized spacial score (nSPS) is 14.5. The molecule has 0 atom stereocenters. The Morgan fingerprint density at radius 2 is 1.82 bits per heavy atom. The summed E-state index contributed by atoms with van der Waals surface area (Å²) in [5, 5.41) is 1.38. The highest BCUT2D eigenvalue weighted by atomic mass is 32.1. The quantitative estimate of drug-likeness (QED) is 0.652. The molecule has 1 aromatic rings. The van der Waals surface area contributed by atoms with Crippen molar-refractivity contribution in [2.24, 2.45) is 11.7 Å². The third-order valence-electron chi connectivity index (χ3n) is 3.79. The molecule has 0 heterocycles. The number of hydrogen-bond donors (Lipinski definition) is 2. The highest BCUT2D eigenvalue weighted by Crippen LogP contribution is 2.37. The van der Waals surface area contributed by atoms with E-state index in [0.29, 0.717) is 17.2 Å². The van der Waals surface area contributed by atoms with Gasteiger partial charge in [-0.05, 0) is 37.2 Å². The first kappa shape index (κ1) is 16.4. The van der Waals surface area contributed by atoms with Crippen LogP contribution < -0.4 is 25.6 Å². The van der Waals surface area contributed by atoms with Gasteiger partial charge in [-0.15, -0.1) is 0 Å². The van der Waals surface area contributed by atoms with Gasteiger partial charge in [-0.1, -0.05) is 18.9 Å². The maximum Gasteiger partial charge on any atom is 0.241 e. The maximum atomic E-state index is 12.4. The molecule has 0 saturated heterocycles. The smallest absolute Gasteiger partial charge is 0.241 e. The minimum absolute atomic E-state index is 0.00227. The fraction of sp³-hybridized carbons (Fsp3) is 0.467. The summed E-state index contributed by atoms with van der Waals surface area (Å²) in [7, 11) is 3.07. The van der Waals surface area contributed by atoms with Gasteiger partial charge < -0.3 is 15.2 Å². The van der Waals surface area contributed by atoms with E-state index in [2.05, 4.69) is 5.43 Å². The molecule has 0 spiro atoms. The van der Waals surface area contributed by atoms with Crippen LogP contribution in [-0.2, 0) is 4.79 Å². The van der Waals surface area contributed by atoms with Gasteiger partial charge in [0.05, 0.1) is 14.2 Å². The lowest BCUT2D eigenvalue weighted by molar-refractivity contribution is -0.124. The fourth-order valence-corrected chi connectivity index (χ4v) is 2.80. The van der Waals surface area contributed by atoms with Crippen LogP contribution in [0.3, 0.4) is 0 Å². The molecule has 1 aromatic carbocycles. The molecule has 0 unspecified atom stereocenters. The number of rotatable bonds is 4. The van der Waals surface area contributed by atoms with Gasteiger partial charge in [-0.25, -0.2) is 5.01 Å².